The fraction of sp³-hybridized carbons (Fsp3) is 0.471. The van der Waals surface area contributed by atoms with E-state index in [0.717, 1.165) is 49.2 Å². The van der Waals surface area contributed by atoms with Crippen molar-refractivity contribution >= 4 is 5.91 Å². The first-order chi connectivity index (χ1) is 11.3. The average Bonchev–Trinajstić information content (AvgIpc) is 3.26. The zero-order chi connectivity index (χ0) is 15.6. The molecule has 2 aromatic heterocycles. The van der Waals surface area contributed by atoms with Gasteiger partial charge in [-0.3, -0.25) is 4.79 Å². The van der Waals surface area contributed by atoms with E-state index in [1.807, 2.05) is 29.1 Å². The van der Waals surface area contributed by atoms with Gasteiger partial charge >= 0.3 is 0 Å². The van der Waals surface area contributed by atoms with Crippen molar-refractivity contribution < 1.29 is 9.53 Å². The fourth-order valence-corrected chi connectivity index (χ4v) is 3.43. The molecule has 6 nitrogen and oxygen atoms in total. The van der Waals surface area contributed by atoms with Crippen molar-refractivity contribution in [2.75, 3.05) is 6.61 Å². The van der Waals surface area contributed by atoms with Gasteiger partial charge in [0.2, 0.25) is 5.91 Å². The maximum atomic E-state index is 12.3. The first-order valence-corrected chi connectivity index (χ1v) is 8.23. The smallest absolute Gasteiger partial charge is 0.249 e. The zero-order valence-corrected chi connectivity index (χ0v) is 12.9. The van der Waals surface area contributed by atoms with Crippen LogP contribution in [0.1, 0.15) is 43.0 Å². The number of aromatic nitrogens is 3. The van der Waals surface area contributed by atoms with E-state index in [9.17, 15) is 4.79 Å². The minimum Gasteiger partial charge on any atom is -0.368 e. The maximum Gasteiger partial charge on any atom is 0.249 e. The monoisotopic (exact) mass is 312 g/mol. The molecular formula is C17H20N4O2. The van der Waals surface area contributed by atoms with Gasteiger partial charge in [-0.05, 0) is 44.2 Å². The van der Waals surface area contributed by atoms with Crippen LogP contribution in [0.25, 0.3) is 5.82 Å². The molecule has 1 amide bonds. The number of pyridine rings is 1. The zero-order valence-electron chi connectivity index (χ0n) is 12.9. The molecule has 2 atom stereocenters. The van der Waals surface area contributed by atoms with E-state index in [-0.39, 0.29) is 18.1 Å². The molecule has 1 aliphatic heterocycles. The predicted octanol–water partition coefficient (Wildman–Crippen LogP) is 1.94. The number of ether oxygens (including phenoxy) is 1. The van der Waals surface area contributed by atoms with Crippen LogP contribution >= 0.6 is 0 Å². The van der Waals surface area contributed by atoms with Crippen molar-refractivity contribution in [3.05, 3.63) is 41.9 Å². The molecule has 2 aliphatic rings. The molecule has 1 fully saturated rings. The van der Waals surface area contributed by atoms with Crippen molar-refractivity contribution in [1.29, 1.82) is 0 Å². The van der Waals surface area contributed by atoms with Crippen LogP contribution in [0, 0.1) is 0 Å². The number of carbonyl (C=O) groups is 1. The lowest BCUT2D eigenvalue weighted by Crippen LogP contribution is -2.38. The number of nitrogens with zero attached hydrogens (tertiary/aromatic N) is 3. The van der Waals surface area contributed by atoms with Gasteiger partial charge in [0, 0.05) is 18.4 Å². The lowest BCUT2D eigenvalue weighted by atomic mass is 9.92. The van der Waals surface area contributed by atoms with E-state index in [2.05, 4.69) is 15.4 Å². The summed E-state index contributed by atoms with van der Waals surface area (Å²) in [6, 6.07) is 5.81. The Labute approximate surface area is 134 Å². The number of carbonyl (C=O) groups excluding carboxylic acids is 1. The van der Waals surface area contributed by atoms with Gasteiger partial charge in [0.05, 0.1) is 17.9 Å². The minimum absolute atomic E-state index is 0.00550. The van der Waals surface area contributed by atoms with E-state index in [0.29, 0.717) is 6.61 Å². The van der Waals surface area contributed by atoms with Crippen LogP contribution in [-0.4, -0.2) is 33.4 Å². The van der Waals surface area contributed by atoms with Crippen LogP contribution in [0.15, 0.2) is 30.6 Å². The van der Waals surface area contributed by atoms with Crippen molar-refractivity contribution in [2.45, 2.75) is 44.2 Å². The van der Waals surface area contributed by atoms with Crippen LogP contribution < -0.4 is 5.32 Å². The number of fused-ring (bicyclic) bond motifs is 1. The molecule has 6 heteroatoms. The standard InChI is InChI=1S/C17H20N4O2/c22-17(15-7-4-10-23-15)20-13-5-3-6-14-12(13)11-19-21(14)16-8-1-2-9-18-16/h1-2,8-9,11,13,15H,3-7,10H2,(H,20,22). The highest BCUT2D eigenvalue weighted by atomic mass is 16.5. The second kappa shape index (κ2) is 6.12. The van der Waals surface area contributed by atoms with Gasteiger partial charge in [-0.25, -0.2) is 9.67 Å². The third-order valence-corrected chi connectivity index (χ3v) is 4.59. The van der Waals surface area contributed by atoms with Crippen LogP contribution in [0.3, 0.4) is 0 Å². The SMILES string of the molecule is O=C(NC1CCCc2c1cnn2-c1ccccn1)C1CCCO1. The molecule has 23 heavy (non-hydrogen) atoms. The highest BCUT2D eigenvalue weighted by Crippen LogP contribution is 2.31. The summed E-state index contributed by atoms with van der Waals surface area (Å²) in [6.07, 6.45) is 8.06. The molecular weight excluding hydrogens is 292 g/mol. The van der Waals surface area contributed by atoms with Crippen molar-refractivity contribution in [3.63, 3.8) is 0 Å². The third-order valence-electron chi connectivity index (χ3n) is 4.59. The molecule has 4 rings (SSSR count). The Balaban J connectivity index is 1.57. The van der Waals surface area contributed by atoms with Gasteiger partial charge in [-0.15, -0.1) is 0 Å². The number of amides is 1. The quantitative estimate of drug-likeness (QED) is 0.940. The first kappa shape index (κ1) is 14.4. The largest absolute Gasteiger partial charge is 0.368 e. The van der Waals surface area contributed by atoms with Crippen molar-refractivity contribution in [3.8, 4) is 5.82 Å². The molecule has 0 spiro atoms. The molecule has 120 valence electrons. The summed E-state index contributed by atoms with van der Waals surface area (Å²) in [5.74, 6) is 0.825. The Morgan fingerprint density at radius 2 is 2.26 bits per heavy atom. The van der Waals surface area contributed by atoms with E-state index in [1.54, 1.807) is 6.20 Å². The van der Waals surface area contributed by atoms with Gasteiger partial charge < -0.3 is 10.1 Å². The Hall–Kier alpha value is -2.21. The summed E-state index contributed by atoms with van der Waals surface area (Å²) in [6.45, 7) is 0.686. The predicted molar refractivity (Wildman–Crippen MR) is 84.2 cm³/mol. The van der Waals surface area contributed by atoms with Gasteiger partial charge in [-0.1, -0.05) is 6.07 Å². The molecule has 3 heterocycles. The van der Waals surface area contributed by atoms with E-state index >= 15 is 0 Å². The average molecular weight is 312 g/mol. The Morgan fingerprint density at radius 3 is 3.04 bits per heavy atom. The normalized spacial score (nSPS) is 23.5. The highest BCUT2D eigenvalue weighted by molar-refractivity contribution is 5.81. The minimum atomic E-state index is -0.286. The third kappa shape index (κ3) is 2.74. The molecule has 1 N–H and O–H groups in total. The Morgan fingerprint density at radius 1 is 1.30 bits per heavy atom. The van der Waals surface area contributed by atoms with Crippen LogP contribution in [0.2, 0.25) is 0 Å². The molecule has 0 radical (unpaired) electrons. The van der Waals surface area contributed by atoms with Crippen LogP contribution in [-0.2, 0) is 16.0 Å². The number of rotatable bonds is 3. The lowest BCUT2D eigenvalue weighted by Gasteiger charge is -2.25. The molecule has 1 aliphatic carbocycles. The number of nitrogens with one attached hydrogen (secondary N) is 1. The fourth-order valence-electron chi connectivity index (χ4n) is 3.43. The van der Waals surface area contributed by atoms with Crippen molar-refractivity contribution in [2.24, 2.45) is 0 Å². The molecule has 0 bridgehead atoms. The first-order valence-electron chi connectivity index (χ1n) is 8.23. The van der Waals surface area contributed by atoms with Gasteiger partial charge in [0.15, 0.2) is 5.82 Å². The van der Waals surface area contributed by atoms with Gasteiger partial charge in [0.1, 0.15) is 6.10 Å². The Kier molecular flexibility index (Phi) is 3.83. The Bertz CT molecular complexity index is 692. The second-order valence-electron chi connectivity index (χ2n) is 6.10. The topological polar surface area (TPSA) is 69.0 Å². The lowest BCUT2D eigenvalue weighted by molar-refractivity contribution is -0.130. The van der Waals surface area contributed by atoms with Crippen LogP contribution in [0.4, 0.5) is 0 Å². The summed E-state index contributed by atoms with van der Waals surface area (Å²) < 4.78 is 7.36. The summed E-state index contributed by atoms with van der Waals surface area (Å²) in [5, 5.41) is 7.64. The molecule has 0 aromatic carbocycles. The van der Waals surface area contributed by atoms with Gasteiger partial charge in [-0.2, -0.15) is 5.10 Å². The number of hydrogen-bond acceptors (Lipinski definition) is 4. The highest BCUT2D eigenvalue weighted by Gasteiger charge is 2.30. The van der Waals surface area contributed by atoms with Gasteiger partial charge in [0.25, 0.3) is 0 Å². The summed E-state index contributed by atoms with van der Waals surface area (Å²) in [4.78, 5) is 16.7. The number of hydrogen-bond donors (Lipinski definition) is 1. The van der Waals surface area contributed by atoms with Crippen LogP contribution in [0.5, 0.6) is 0 Å². The molecule has 0 saturated carbocycles. The molecule has 2 unspecified atom stereocenters. The van der Waals surface area contributed by atoms with Crippen molar-refractivity contribution in [1.82, 2.24) is 20.1 Å². The molecule has 2 aromatic rings. The van der Waals surface area contributed by atoms with E-state index in [4.69, 9.17) is 4.74 Å². The summed E-state index contributed by atoms with van der Waals surface area (Å²) in [5.41, 5.74) is 2.25. The maximum absolute atomic E-state index is 12.3. The summed E-state index contributed by atoms with van der Waals surface area (Å²) in [7, 11) is 0. The summed E-state index contributed by atoms with van der Waals surface area (Å²) >= 11 is 0. The molecule has 1 saturated heterocycles. The second-order valence-corrected chi connectivity index (χ2v) is 6.10. The van der Waals surface area contributed by atoms with E-state index < -0.39 is 0 Å². The van der Waals surface area contributed by atoms with E-state index in [1.165, 1.54) is 0 Å².